The van der Waals surface area contributed by atoms with Gasteiger partial charge < -0.3 is 0 Å². The molecule has 2 rings (SSSR count). The van der Waals surface area contributed by atoms with Gasteiger partial charge in [0.15, 0.2) is 0 Å². The molecular formula is C15H20F2N4. The number of hydrogen-bond donors (Lipinski definition) is 2. The summed E-state index contributed by atoms with van der Waals surface area (Å²) < 4.78 is 28.5. The first kappa shape index (κ1) is 15.6. The van der Waals surface area contributed by atoms with Crippen LogP contribution in [0.1, 0.15) is 22.5 Å². The van der Waals surface area contributed by atoms with E-state index in [9.17, 15) is 8.78 Å². The minimum absolute atomic E-state index is 0.147. The van der Waals surface area contributed by atoms with Crippen LogP contribution < -0.4 is 11.3 Å². The van der Waals surface area contributed by atoms with Gasteiger partial charge in [0, 0.05) is 24.8 Å². The summed E-state index contributed by atoms with van der Waals surface area (Å²) in [6.07, 6.45) is 1.02. The highest BCUT2D eigenvalue weighted by Crippen LogP contribution is 2.17. The third-order valence-electron chi connectivity index (χ3n) is 3.83. The van der Waals surface area contributed by atoms with E-state index in [-0.39, 0.29) is 6.04 Å². The molecule has 1 aromatic carbocycles. The molecule has 0 aliphatic rings. The Labute approximate surface area is 122 Å². The van der Waals surface area contributed by atoms with Crippen molar-refractivity contribution in [3.63, 3.8) is 0 Å². The van der Waals surface area contributed by atoms with Gasteiger partial charge in [-0.05, 0) is 43.9 Å². The fraction of sp³-hybridized carbons (Fsp3) is 0.400. The number of rotatable bonds is 5. The number of nitrogens with two attached hydrogens (primary N) is 1. The number of benzene rings is 1. The van der Waals surface area contributed by atoms with E-state index in [0.29, 0.717) is 18.4 Å². The summed E-state index contributed by atoms with van der Waals surface area (Å²) in [5.74, 6) is 4.46. The lowest BCUT2D eigenvalue weighted by Crippen LogP contribution is -2.38. The summed E-state index contributed by atoms with van der Waals surface area (Å²) in [7, 11) is 1.89. The SMILES string of the molecule is Cc1nn(C)c(C)c1CC(Cc1ccc(F)cc1F)NN. The van der Waals surface area contributed by atoms with E-state index < -0.39 is 11.6 Å². The molecule has 2 aromatic rings. The van der Waals surface area contributed by atoms with E-state index in [1.807, 2.05) is 25.6 Å². The van der Waals surface area contributed by atoms with E-state index in [1.54, 1.807) is 0 Å². The fourth-order valence-electron chi connectivity index (χ4n) is 2.50. The lowest BCUT2D eigenvalue weighted by atomic mass is 9.98. The van der Waals surface area contributed by atoms with Crippen LogP contribution in [0.25, 0.3) is 0 Å². The summed E-state index contributed by atoms with van der Waals surface area (Å²) in [6.45, 7) is 3.93. The van der Waals surface area contributed by atoms with Gasteiger partial charge in [-0.15, -0.1) is 0 Å². The number of aryl methyl sites for hydroxylation is 2. The van der Waals surface area contributed by atoms with Crippen LogP contribution in [0.4, 0.5) is 8.78 Å². The fourth-order valence-corrected chi connectivity index (χ4v) is 2.50. The molecule has 0 spiro atoms. The molecule has 4 nitrogen and oxygen atoms in total. The van der Waals surface area contributed by atoms with Gasteiger partial charge in [0.25, 0.3) is 0 Å². The average molecular weight is 294 g/mol. The van der Waals surface area contributed by atoms with Crippen LogP contribution in [0.2, 0.25) is 0 Å². The van der Waals surface area contributed by atoms with E-state index in [0.717, 1.165) is 23.0 Å². The maximum Gasteiger partial charge on any atom is 0.129 e. The molecule has 0 radical (unpaired) electrons. The minimum atomic E-state index is -0.576. The third-order valence-corrected chi connectivity index (χ3v) is 3.83. The molecule has 1 heterocycles. The lowest BCUT2D eigenvalue weighted by molar-refractivity contribution is 0.501. The zero-order valence-corrected chi connectivity index (χ0v) is 12.5. The monoisotopic (exact) mass is 294 g/mol. The number of hydrazine groups is 1. The number of nitrogens with zero attached hydrogens (tertiary/aromatic N) is 2. The predicted octanol–water partition coefficient (Wildman–Crippen LogP) is 1.93. The Morgan fingerprint density at radius 1 is 1.29 bits per heavy atom. The molecule has 0 amide bonds. The maximum absolute atomic E-state index is 13.7. The van der Waals surface area contributed by atoms with Crippen molar-refractivity contribution < 1.29 is 8.78 Å². The molecule has 0 saturated carbocycles. The van der Waals surface area contributed by atoms with Crippen molar-refractivity contribution in [3.8, 4) is 0 Å². The standard InChI is InChI=1S/C15H20F2N4/c1-9-14(10(2)21(3)20-9)8-13(19-18)6-11-4-5-12(16)7-15(11)17/h4-5,7,13,19H,6,8,18H2,1-3H3. The highest BCUT2D eigenvalue weighted by Gasteiger charge is 2.17. The molecule has 0 bridgehead atoms. The van der Waals surface area contributed by atoms with Crippen LogP contribution in [0.15, 0.2) is 18.2 Å². The largest absolute Gasteiger partial charge is 0.272 e. The summed E-state index contributed by atoms with van der Waals surface area (Å²) in [5.41, 5.74) is 6.25. The summed E-state index contributed by atoms with van der Waals surface area (Å²) >= 11 is 0. The molecular weight excluding hydrogens is 274 g/mol. The second kappa shape index (κ2) is 6.32. The molecule has 0 saturated heterocycles. The zero-order chi connectivity index (χ0) is 15.6. The highest BCUT2D eigenvalue weighted by atomic mass is 19.1. The van der Waals surface area contributed by atoms with Crippen LogP contribution >= 0.6 is 0 Å². The summed E-state index contributed by atoms with van der Waals surface area (Å²) in [5, 5.41) is 4.36. The number of halogens is 2. The average Bonchev–Trinajstić information content (AvgIpc) is 2.67. The molecule has 1 unspecified atom stereocenters. The Balaban J connectivity index is 2.17. The van der Waals surface area contributed by atoms with Gasteiger partial charge >= 0.3 is 0 Å². The molecule has 0 aliphatic heterocycles. The van der Waals surface area contributed by atoms with Gasteiger partial charge in [-0.1, -0.05) is 6.07 Å². The van der Waals surface area contributed by atoms with Crippen molar-refractivity contribution >= 4 is 0 Å². The first-order valence-corrected chi connectivity index (χ1v) is 6.81. The van der Waals surface area contributed by atoms with Gasteiger partial charge in [-0.3, -0.25) is 16.0 Å². The molecule has 1 atom stereocenters. The highest BCUT2D eigenvalue weighted by molar-refractivity contribution is 5.26. The topological polar surface area (TPSA) is 55.9 Å². The van der Waals surface area contributed by atoms with Crippen molar-refractivity contribution in [3.05, 3.63) is 52.3 Å². The molecule has 1 aromatic heterocycles. The summed E-state index contributed by atoms with van der Waals surface area (Å²) in [4.78, 5) is 0. The van der Waals surface area contributed by atoms with Gasteiger partial charge in [0.05, 0.1) is 5.69 Å². The molecule has 0 fully saturated rings. The van der Waals surface area contributed by atoms with E-state index >= 15 is 0 Å². The van der Waals surface area contributed by atoms with E-state index in [1.165, 1.54) is 12.1 Å². The van der Waals surface area contributed by atoms with Gasteiger partial charge in [-0.2, -0.15) is 5.10 Å². The Kier molecular flexibility index (Phi) is 4.69. The van der Waals surface area contributed by atoms with Crippen LogP contribution in [0, 0.1) is 25.5 Å². The zero-order valence-electron chi connectivity index (χ0n) is 12.5. The van der Waals surface area contributed by atoms with Crippen LogP contribution in [-0.4, -0.2) is 15.8 Å². The molecule has 21 heavy (non-hydrogen) atoms. The Morgan fingerprint density at radius 2 is 2.00 bits per heavy atom. The number of hydrogen-bond acceptors (Lipinski definition) is 3. The summed E-state index contributed by atoms with van der Waals surface area (Å²) in [6, 6.07) is 3.46. The van der Waals surface area contributed by atoms with Crippen molar-refractivity contribution in [2.75, 3.05) is 0 Å². The number of aromatic nitrogens is 2. The first-order valence-electron chi connectivity index (χ1n) is 6.81. The van der Waals surface area contributed by atoms with E-state index in [4.69, 9.17) is 5.84 Å². The second-order valence-electron chi connectivity index (χ2n) is 5.28. The Hall–Kier alpha value is -1.79. The lowest BCUT2D eigenvalue weighted by Gasteiger charge is -2.17. The normalized spacial score (nSPS) is 12.7. The smallest absolute Gasteiger partial charge is 0.129 e. The van der Waals surface area contributed by atoms with Gasteiger partial charge in [0.2, 0.25) is 0 Å². The van der Waals surface area contributed by atoms with Gasteiger partial charge in [0.1, 0.15) is 11.6 Å². The molecule has 6 heteroatoms. The molecule has 114 valence electrons. The minimum Gasteiger partial charge on any atom is -0.272 e. The second-order valence-corrected chi connectivity index (χ2v) is 5.28. The quantitative estimate of drug-likeness (QED) is 0.654. The van der Waals surface area contributed by atoms with Crippen LogP contribution in [0.5, 0.6) is 0 Å². The molecule has 0 aliphatic carbocycles. The van der Waals surface area contributed by atoms with Crippen molar-refractivity contribution in [2.45, 2.75) is 32.7 Å². The van der Waals surface area contributed by atoms with Gasteiger partial charge in [-0.25, -0.2) is 8.78 Å². The van der Waals surface area contributed by atoms with Crippen molar-refractivity contribution in [1.82, 2.24) is 15.2 Å². The Morgan fingerprint density at radius 3 is 2.52 bits per heavy atom. The maximum atomic E-state index is 13.7. The number of nitrogens with one attached hydrogen (secondary N) is 1. The van der Waals surface area contributed by atoms with Crippen molar-refractivity contribution in [1.29, 1.82) is 0 Å². The molecule has 3 N–H and O–H groups in total. The van der Waals surface area contributed by atoms with Crippen LogP contribution in [-0.2, 0) is 19.9 Å². The predicted molar refractivity (Wildman–Crippen MR) is 77.6 cm³/mol. The van der Waals surface area contributed by atoms with Crippen molar-refractivity contribution in [2.24, 2.45) is 12.9 Å². The first-order chi connectivity index (χ1) is 9.92. The Bertz CT molecular complexity index is 637. The van der Waals surface area contributed by atoms with E-state index in [2.05, 4.69) is 10.5 Å². The third kappa shape index (κ3) is 3.46. The van der Waals surface area contributed by atoms with Crippen LogP contribution in [0.3, 0.4) is 0 Å².